The number of fused-ring (bicyclic) bond motifs is 1. The minimum Gasteiger partial charge on any atom is -0.497 e. The van der Waals surface area contributed by atoms with Crippen molar-refractivity contribution in [2.75, 3.05) is 25.1 Å². The summed E-state index contributed by atoms with van der Waals surface area (Å²) in [5.74, 6) is 0.261. The van der Waals surface area contributed by atoms with Crippen LogP contribution in [0.25, 0.3) is 10.8 Å². The van der Waals surface area contributed by atoms with Crippen molar-refractivity contribution in [3.05, 3.63) is 60.2 Å². The van der Waals surface area contributed by atoms with Crippen LogP contribution in [0, 0.1) is 0 Å². The first-order valence-corrected chi connectivity index (χ1v) is 11.2. The molecule has 1 fully saturated rings. The lowest BCUT2D eigenvalue weighted by Crippen LogP contribution is -2.55. The second-order valence-corrected chi connectivity index (χ2v) is 9.39. The second-order valence-electron chi connectivity index (χ2n) is 7.71. The minimum atomic E-state index is -3.99. The molecule has 0 radical (unpaired) electrons. The largest absolute Gasteiger partial charge is 0.497 e. The maximum absolute atomic E-state index is 13.3. The molecule has 1 saturated heterocycles. The summed E-state index contributed by atoms with van der Waals surface area (Å²) in [6.07, 6.45) is 0.473. The molecule has 1 amide bonds. The van der Waals surface area contributed by atoms with Gasteiger partial charge >= 0.3 is 0 Å². The molecule has 3 aromatic rings. The normalized spacial score (nSPS) is 18.8. The number of rotatable bonds is 6. The fourth-order valence-electron chi connectivity index (χ4n) is 3.87. The maximum atomic E-state index is 13.3. The summed E-state index contributed by atoms with van der Waals surface area (Å²) in [6.45, 7) is 0.376. The molecule has 0 saturated carbocycles. The quantitative estimate of drug-likeness (QED) is 0.432. The van der Waals surface area contributed by atoms with Gasteiger partial charge in [0.15, 0.2) is 0 Å². The van der Waals surface area contributed by atoms with Crippen LogP contribution in [0.15, 0.2) is 59.5 Å². The van der Waals surface area contributed by atoms with Crippen LogP contribution in [0.3, 0.4) is 0 Å². The molecule has 3 aromatic carbocycles. The van der Waals surface area contributed by atoms with Crippen molar-refractivity contribution >= 4 is 38.1 Å². The zero-order valence-corrected chi connectivity index (χ0v) is 17.8. The molecule has 0 aromatic heterocycles. The highest BCUT2D eigenvalue weighted by atomic mass is 32.2. The summed E-state index contributed by atoms with van der Waals surface area (Å²) in [4.78, 5) is 12.8. The summed E-state index contributed by atoms with van der Waals surface area (Å²) in [5, 5.41) is 4.34. The molecule has 0 unspecified atom stereocenters. The number of carbonyl (C=O) groups excluding carboxylic acids is 1. The fraction of sp³-hybridized carbons (Fsp3) is 0.227. The molecule has 1 aliphatic heterocycles. The number of benzene rings is 3. The molecular formula is C22H24N4O4S. The Morgan fingerprint density at radius 2 is 1.81 bits per heavy atom. The van der Waals surface area contributed by atoms with Gasteiger partial charge in [-0.2, -0.15) is 4.72 Å². The highest BCUT2D eigenvalue weighted by Gasteiger charge is 2.45. The van der Waals surface area contributed by atoms with Gasteiger partial charge in [-0.25, -0.2) is 8.42 Å². The third kappa shape index (κ3) is 4.01. The Bertz CT molecular complexity index is 1280. The lowest BCUT2D eigenvalue weighted by molar-refractivity contribution is -0.124. The smallest absolute Gasteiger partial charge is 0.241 e. The third-order valence-electron chi connectivity index (χ3n) is 5.59. The number of nitrogen functional groups attached to an aromatic ring is 2. The number of methoxy groups -OCH3 is 1. The van der Waals surface area contributed by atoms with Crippen molar-refractivity contribution in [2.24, 2.45) is 0 Å². The van der Waals surface area contributed by atoms with Gasteiger partial charge in [0.25, 0.3) is 0 Å². The van der Waals surface area contributed by atoms with Gasteiger partial charge in [0.2, 0.25) is 15.9 Å². The highest BCUT2D eigenvalue weighted by Crippen LogP contribution is 2.29. The Morgan fingerprint density at radius 3 is 2.48 bits per heavy atom. The number of hydrogen-bond acceptors (Lipinski definition) is 6. The fourth-order valence-corrected chi connectivity index (χ4v) is 5.30. The van der Waals surface area contributed by atoms with E-state index < -0.39 is 15.6 Å². The number of amides is 1. The lowest BCUT2D eigenvalue weighted by atomic mass is 9.90. The molecule has 8 nitrogen and oxygen atoms in total. The van der Waals surface area contributed by atoms with E-state index in [9.17, 15) is 13.2 Å². The Kier molecular flexibility index (Phi) is 5.24. The van der Waals surface area contributed by atoms with Gasteiger partial charge in [0.05, 0.1) is 23.4 Å². The average molecular weight is 441 g/mol. The van der Waals surface area contributed by atoms with Crippen molar-refractivity contribution in [3.8, 4) is 5.75 Å². The van der Waals surface area contributed by atoms with Gasteiger partial charge in [0.1, 0.15) is 11.3 Å². The van der Waals surface area contributed by atoms with Crippen LogP contribution in [-0.2, 0) is 21.2 Å². The first-order valence-electron chi connectivity index (χ1n) is 9.76. The first-order chi connectivity index (χ1) is 14.7. The topological polar surface area (TPSA) is 137 Å². The number of hydrogen-bond donors (Lipinski definition) is 4. The molecule has 9 heteroatoms. The zero-order valence-electron chi connectivity index (χ0n) is 17.0. The van der Waals surface area contributed by atoms with Gasteiger partial charge in [0, 0.05) is 13.0 Å². The molecular weight excluding hydrogens is 416 g/mol. The van der Waals surface area contributed by atoms with E-state index in [0.29, 0.717) is 30.1 Å². The molecule has 1 heterocycles. The van der Waals surface area contributed by atoms with Crippen molar-refractivity contribution in [2.45, 2.75) is 23.3 Å². The number of anilines is 2. The van der Waals surface area contributed by atoms with Gasteiger partial charge in [-0.3, -0.25) is 4.79 Å². The van der Waals surface area contributed by atoms with Gasteiger partial charge < -0.3 is 21.5 Å². The van der Waals surface area contributed by atoms with Crippen molar-refractivity contribution < 1.29 is 17.9 Å². The van der Waals surface area contributed by atoms with Crippen LogP contribution in [0.5, 0.6) is 5.75 Å². The number of nitrogens with one attached hydrogen (secondary N) is 2. The van der Waals surface area contributed by atoms with Gasteiger partial charge in [-0.15, -0.1) is 0 Å². The molecule has 4 rings (SSSR count). The van der Waals surface area contributed by atoms with Crippen LogP contribution >= 0.6 is 0 Å². The maximum Gasteiger partial charge on any atom is 0.241 e. The van der Waals surface area contributed by atoms with Crippen molar-refractivity contribution in [3.63, 3.8) is 0 Å². The minimum absolute atomic E-state index is 0.0733. The molecule has 1 aliphatic rings. The van der Waals surface area contributed by atoms with E-state index in [0.717, 1.165) is 16.3 Å². The summed E-state index contributed by atoms with van der Waals surface area (Å²) >= 11 is 0. The van der Waals surface area contributed by atoms with Gasteiger partial charge in [-0.1, -0.05) is 18.2 Å². The van der Waals surface area contributed by atoms with E-state index in [1.165, 1.54) is 6.07 Å². The monoisotopic (exact) mass is 440 g/mol. The first kappa shape index (κ1) is 21.0. The molecule has 162 valence electrons. The summed E-state index contributed by atoms with van der Waals surface area (Å²) in [7, 11) is -2.44. The highest BCUT2D eigenvalue weighted by molar-refractivity contribution is 7.89. The Hall–Kier alpha value is -3.30. The Labute approximate surface area is 180 Å². The molecule has 31 heavy (non-hydrogen) atoms. The second kappa shape index (κ2) is 7.75. The van der Waals surface area contributed by atoms with Crippen molar-refractivity contribution in [1.82, 2.24) is 10.0 Å². The summed E-state index contributed by atoms with van der Waals surface area (Å²) < 4.78 is 34.5. The van der Waals surface area contributed by atoms with Crippen LogP contribution in [0.4, 0.5) is 11.4 Å². The van der Waals surface area contributed by atoms with E-state index in [4.69, 9.17) is 16.2 Å². The van der Waals surface area contributed by atoms with Crippen LogP contribution in [0.2, 0.25) is 0 Å². The zero-order chi connectivity index (χ0) is 22.2. The van der Waals surface area contributed by atoms with Crippen LogP contribution in [-0.4, -0.2) is 33.5 Å². The number of carbonyl (C=O) groups is 1. The molecule has 0 bridgehead atoms. The predicted molar refractivity (Wildman–Crippen MR) is 120 cm³/mol. The van der Waals surface area contributed by atoms with E-state index >= 15 is 0 Å². The van der Waals surface area contributed by atoms with E-state index in [2.05, 4.69) is 10.0 Å². The summed E-state index contributed by atoms with van der Waals surface area (Å²) in [6, 6.07) is 15.3. The molecule has 6 N–H and O–H groups in total. The number of ether oxygens (including phenoxy) is 1. The van der Waals surface area contributed by atoms with E-state index in [1.807, 2.05) is 12.1 Å². The number of nitrogens with two attached hydrogens (primary N) is 2. The van der Waals surface area contributed by atoms with Crippen LogP contribution in [0.1, 0.15) is 12.0 Å². The molecule has 1 atom stereocenters. The van der Waals surface area contributed by atoms with Crippen molar-refractivity contribution in [1.29, 1.82) is 0 Å². The Balaban J connectivity index is 1.70. The number of sulfonamides is 1. The summed E-state index contributed by atoms with van der Waals surface area (Å²) in [5.41, 5.74) is 11.9. The predicted octanol–water partition coefficient (Wildman–Crippen LogP) is 1.79. The Morgan fingerprint density at radius 1 is 1.03 bits per heavy atom. The van der Waals surface area contributed by atoms with E-state index in [1.54, 1.807) is 43.5 Å². The van der Waals surface area contributed by atoms with Gasteiger partial charge in [-0.05, 0) is 59.2 Å². The molecule has 0 spiro atoms. The van der Waals surface area contributed by atoms with Crippen LogP contribution < -0.4 is 26.2 Å². The standard InChI is InChI=1S/C22H24N4O4S/c1-30-17-5-3-15-4-6-18(12-16(15)11-17)31(28,29)26-22(8-9-25-21(22)27)13-14-2-7-19(23)20(24)10-14/h2-7,10-12,26H,8-9,13,23-24H2,1H3,(H,25,27)/t22-/m1/s1. The molecule has 0 aliphatic carbocycles. The average Bonchev–Trinajstić information content (AvgIpc) is 3.08. The lowest BCUT2D eigenvalue weighted by Gasteiger charge is -2.27. The SMILES string of the molecule is COc1ccc2ccc(S(=O)(=O)N[C@@]3(Cc4ccc(N)c(N)c4)CCNC3=O)cc2c1. The third-order valence-corrected chi connectivity index (χ3v) is 7.12. The van der Waals surface area contributed by atoms with E-state index in [-0.39, 0.29) is 17.2 Å².